The van der Waals surface area contributed by atoms with Crippen molar-refractivity contribution in [2.24, 2.45) is 0 Å². The van der Waals surface area contributed by atoms with Crippen molar-refractivity contribution in [3.05, 3.63) is 48.3 Å². The molecule has 1 amide bonds. The highest BCUT2D eigenvalue weighted by atomic mass is 32.2. The highest BCUT2D eigenvalue weighted by Gasteiger charge is 2.46. The van der Waals surface area contributed by atoms with Crippen LogP contribution in [-0.2, 0) is 21.2 Å². The predicted octanol–water partition coefficient (Wildman–Crippen LogP) is 1.65. The van der Waals surface area contributed by atoms with E-state index in [4.69, 9.17) is 0 Å². The lowest BCUT2D eigenvalue weighted by molar-refractivity contribution is -0.135. The molecule has 0 spiro atoms. The third-order valence-electron chi connectivity index (χ3n) is 6.10. The number of sulfonamides is 1. The number of benzene rings is 2. The number of nitrogens with zero attached hydrogens (tertiary/aromatic N) is 5. The summed E-state index contributed by atoms with van der Waals surface area (Å²) in [7, 11) is -3.86. The van der Waals surface area contributed by atoms with Gasteiger partial charge in [-0.3, -0.25) is 4.79 Å². The van der Waals surface area contributed by atoms with Crippen LogP contribution in [-0.4, -0.2) is 74.6 Å². The molecule has 1 N–H and O–H groups in total. The predicted molar refractivity (Wildman–Crippen MR) is 122 cm³/mol. The van der Waals surface area contributed by atoms with Gasteiger partial charge in [-0.2, -0.15) is 16.9 Å². The zero-order valence-electron chi connectivity index (χ0n) is 17.3. The molecule has 2 aliphatic rings. The van der Waals surface area contributed by atoms with Crippen LogP contribution in [0.1, 0.15) is 25.1 Å². The standard InChI is InChI=1S/C21H24N6O3S2/c28-21(26(16-6-7-16)10-9-20-22-24-25-23-20)19-12-17(31)13-27(19)32(29,30)18-8-5-14-3-1-2-4-15(14)11-18/h1-5,8,11,16-17,19,31H,6-7,9-10,12-13H2,(H,22,23,24,25)/t17-,19+/m1/s1. The van der Waals surface area contributed by atoms with Crippen molar-refractivity contribution in [3.63, 3.8) is 0 Å². The molecule has 0 unspecified atom stereocenters. The quantitative estimate of drug-likeness (QED) is 0.506. The average molecular weight is 473 g/mol. The largest absolute Gasteiger partial charge is 0.338 e. The van der Waals surface area contributed by atoms with Crippen LogP contribution in [0.15, 0.2) is 47.4 Å². The number of fused-ring (bicyclic) bond motifs is 1. The summed E-state index contributed by atoms with van der Waals surface area (Å²) in [5.41, 5.74) is 0. The number of hydrogen-bond acceptors (Lipinski definition) is 7. The van der Waals surface area contributed by atoms with Gasteiger partial charge in [0.2, 0.25) is 15.9 Å². The van der Waals surface area contributed by atoms with E-state index in [9.17, 15) is 13.2 Å². The molecule has 1 aromatic heterocycles. The molecule has 1 saturated carbocycles. The Hall–Kier alpha value is -2.50. The SMILES string of the molecule is O=C([C@@H]1C[C@@H](S)CN1S(=O)(=O)c1ccc2ccccc2c1)N(CCc1nnn[nH]1)C1CC1. The van der Waals surface area contributed by atoms with Gasteiger partial charge in [0.05, 0.1) is 4.90 Å². The monoisotopic (exact) mass is 472 g/mol. The van der Waals surface area contributed by atoms with Gasteiger partial charge in [0, 0.05) is 30.8 Å². The van der Waals surface area contributed by atoms with Crippen molar-refractivity contribution >= 4 is 39.3 Å². The molecule has 2 atom stereocenters. The smallest absolute Gasteiger partial charge is 0.243 e. The lowest BCUT2D eigenvalue weighted by Gasteiger charge is -2.30. The van der Waals surface area contributed by atoms with E-state index in [-0.39, 0.29) is 28.6 Å². The number of H-pyrrole nitrogens is 1. The van der Waals surface area contributed by atoms with Gasteiger partial charge in [0.1, 0.15) is 11.9 Å². The third kappa shape index (κ3) is 4.12. The summed E-state index contributed by atoms with van der Waals surface area (Å²) in [6.07, 6.45) is 2.73. The molecule has 32 heavy (non-hydrogen) atoms. The zero-order valence-corrected chi connectivity index (χ0v) is 19.0. The molecule has 0 radical (unpaired) electrons. The number of thiol groups is 1. The molecule has 2 fully saturated rings. The van der Waals surface area contributed by atoms with Gasteiger partial charge >= 0.3 is 0 Å². The van der Waals surface area contributed by atoms with Crippen LogP contribution < -0.4 is 0 Å². The van der Waals surface area contributed by atoms with E-state index in [2.05, 4.69) is 33.3 Å². The minimum Gasteiger partial charge on any atom is -0.338 e. The second-order valence-corrected chi connectivity index (χ2v) is 11.0. The molecular formula is C21H24N6O3S2. The maximum absolute atomic E-state index is 13.6. The van der Waals surface area contributed by atoms with Gasteiger partial charge < -0.3 is 4.90 Å². The molecule has 9 nitrogen and oxygen atoms in total. The summed E-state index contributed by atoms with van der Waals surface area (Å²) in [5.74, 6) is 0.434. The van der Waals surface area contributed by atoms with E-state index in [0.29, 0.717) is 25.2 Å². The lowest BCUT2D eigenvalue weighted by Crippen LogP contribution is -2.49. The van der Waals surface area contributed by atoms with Gasteiger partial charge in [-0.15, -0.1) is 5.10 Å². The average Bonchev–Trinajstić information content (AvgIpc) is 3.33. The summed E-state index contributed by atoms with van der Waals surface area (Å²) < 4.78 is 28.5. The third-order valence-corrected chi connectivity index (χ3v) is 8.34. The Morgan fingerprint density at radius 1 is 1.19 bits per heavy atom. The van der Waals surface area contributed by atoms with Crippen LogP contribution in [0.4, 0.5) is 0 Å². The number of tetrazole rings is 1. The van der Waals surface area contributed by atoms with Crippen LogP contribution in [0.3, 0.4) is 0 Å². The van der Waals surface area contributed by atoms with Crippen LogP contribution in [0.2, 0.25) is 0 Å². The van der Waals surface area contributed by atoms with Crippen molar-refractivity contribution in [2.45, 2.75) is 47.9 Å². The molecule has 11 heteroatoms. The number of carbonyl (C=O) groups is 1. The van der Waals surface area contributed by atoms with Gasteiger partial charge in [-0.1, -0.05) is 30.3 Å². The van der Waals surface area contributed by atoms with E-state index in [1.165, 1.54) is 4.31 Å². The molecule has 1 saturated heterocycles. The van der Waals surface area contributed by atoms with Gasteiger partial charge in [-0.25, -0.2) is 13.5 Å². The van der Waals surface area contributed by atoms with Gasteiger partial charge in [-0.05, 0) is 52.6 Å². The molecule has 0 bridgehead atoms. The Morgan fingerprint density at radius 2 is 1.97 bits per heavy atom. The second-order valence-electron chi connectivity index (χ2n) is 8.35. The Kier molecular flexibility index (Phi) is 5.64. The number of aromatic amines is 1. The zero-order chi connectivity index (χ0) is 22.3. The van der Waals surface area contributed by atoms with E-state index in [1.54, 1.807) is 23.1 Å². The molecule has 168 valence electrons. The summed E-state index contributed by atoms with van der Waals surface area (Å²) >= 11 is 4.54. The summed E-state index contributed by atoms with van der Waals surface area (Å²) in [5, 5.41) is 15.3. The molecule has 2 aromatic carbocycles. The van der Waals surface area contributed by atoms with E-state index in [1.807, 2.05) is 24.3 Å². The molecule has 5 rings (SSSR count). The first kappa shape index (κ1) is 21.4. The Labute approximate surface area is 191 Å². The first-order chi connectivity index (χ1) is 15.4. The van der Waals surface area contributed by atoms with Crippen LogP contribution in [0, 0.1) is 0 Å². The topological polar surface area (TPSA) is 112 Å². The number of hydrogen-bond donors (Lipinski definition) is 2. The number of carbonyl (C=O) groups excluding carboxylic acids is 1. The molecule has 3 aromatic rings. The Morgan fingerprint density at radius 3 is 2.69 bits per heavy atom. The Bertz CT molecular complexity index is 1230. The summed E-state index contributed by atoms with van der Waals surface area (Å²) in [4.78, 5) is 15.5. The van der Waals surface area contributed by atoms with Crippen LogP contribution in [0.5, 0.6) is 0 Å². The lowest BCUT2D eigenvalue weighted by atomic mass is 10.1. The first-order valence-corrected chi connectivity index (χ1v) is 12.6. The fourth-order valence-corrected chi connectivity index (χ4v) is 6.46. The fourth-order valence-electron chi connectivity index (χ4n) is 4.30. The molecular weight excluding hydrogens is 448 g/mol. The second kappa shape index (κ2) is 8.45. The minimum atomic E-state index is -3.86. The van der Waals surface area contributed by atoms with Crippen LogP contribution in [0.25, 0.3) is 10.8 Å². The Balaban J connectivity index is 1.41. The molecule has 1 aliphatic carbocycles. The van der Waals surface area contributed by atoms with Gasteiger partial charge in [0.25, 0.3) is 0 Å². The number of rotatable bonds is 7. The first-order valence-electron chi connectivity index (χ1n) is 10.7. The molecule has 1 aliphatic heterocycles. The summed E-state index contributed by atoms with van der Waals surface area (Å²) in [6.45, 7) is 0.650. The normalized spacial score (nSPS) is 21.8. The van der Waals surface area contributed by atoms with E-state index in [0.717, 1.165) is 23.6 Å². The molecule has 2 heterocycles. The van der Waals surface area contributed by atoms with E-state index >= 15 is 0 Å². The number of aromatic nitrogens is 4. The number of amides is 1. The fraction of sp³-hybridized carbons (Fsp3) is 0.429. The van der Waals surface area contributed by atoms with Crippen LogP contribution >= 0.6 is 12.6 Å². The van der Waals surface area contributed by atoms with Crippen molar-refractivity contribution in [3.8, 4) is 0 Å². The van der Waals surface area contributed by atoms with E-state index < -0.39 is 16.1 Å². The van der Waals surface area contributed by atoms with Gasteiger partial charge in [0.15, 0.2) is 0 Å². The highest BCUT2D eigenvalue weighted by Crippen LogP contribution is 2.34. The van der Waals surface area contributed by atoms with Crippen molar-refractivity contribution in [1.82, 2.24) is 29.8 Å². The number of nitrogens with one attached hydrogen (secondary N) is 1. The van der Waals surface area contributed by atoms with Crippen molar-refractivity contribution in [2.75, 3.05) is 13.1 Å². The maximum Gasteiger partial charge on any atom is 0.243 e. The van der Waals surface area contributed by atoms with Crippen molar-refractivity contribution < 1.29 is 13.2 Å². The highest BCUT2D eigenvalue weighted by molar-refractivity contribution is 7.89. The summed E-state index contributed by atoms with van der Waals surface area (Å²) in [6, 6.07) is 12.1. The maximum atomic E-state index is 13.6. The minimum absolute atomic E-state index is 0.141. The van der Waals surface area contributed by atoms with Crippen molar-refractivity contribution in [1.29, 1.82) is 0 Å².